The van der Waals surface area contributed by atoms with Crippen molar-refractivity contribution in [2.24, 2.45) is 5.92 Å². The summed E-state index contributed by atoms with van der Waals surface area (Å²) in [6.45, 7) is 8.41. The summed E-state index contributed by atoms with van der Waals surface area (Å²) in [5.74, 6) is 0.583. The predicted octanol–water partition coefficient (Wildman–Crippen LogP) is 2.05. The highest BCUT2D eigenvalue weighted by Gasteiger charge is 2.19. The third-order valence-electron chi connectivity index (χ3n) is 2.64. The first-order chi connectivity index (χ1) is 6.27. The van der Waals surface area contributed by atoms with Crippen molar-refractivity contribution < 1.29 is 0 Å². The van der Waals surface area contributed by atoms with Gasteiger partial charge in [-0.25, -0.2) is 0 Å². The van der Waals surface area contributed by atoms with E-state index in [-0.39, 0.29) is 0 Å². The van der Waals surface area contributed by atoms with E-state index in [4.69, 9.17) is 0 Å². The van der Waals surface area contributed by atoms with E-state index in [1.165, 1.54) is 17.7 Å². The summed E-state index contributed by atoms with van der Waals surface area (Å²) in [5, 5.41) is 0. The first-order valence-corrected chi connectivity index (χ1v) is 4.76. The van der Waals surface area contributed by atoms with Gasteiger partial charge in [0.15, 0.2) is 0 Å². The van der Waals surface area contributed by atoms with E-state index in [2.05, 4.69) is 29.8 Å². The molecule has 2 heterocycles. The lowest BCUT2D eigenvalue weighted by atomic mass is 10.2. The van der Waals surface area contributed by atoms with Crippen LogP contribution in [0.2, 0.25) is 0 Å². The highest BCUT2D eigenvalue weighted by atomic mass is 15.2. The minimum absolute atomic E-state index is 0.583. The van der Waals surface area contributed by atoms with Crippen LogP contribution < -0.4 is 4.90 Å². The fourth-order valence-corrected chi connectivity index (χ4v) is 1.84. The first kappa shape index (κ1) is 8.54. The van der Waals surface area contributed by atoms with Crippen molar-refractivity contribution in [2.45, 2.75) is 13.3 Å². The largest absolute Gasteiger partial charge is 0.370 e. The highest BCUT2D eigenvalue weighted by Crippen LogP contribution is 2.24. The van der Waals surface area contributed by atoms with E-state index in [1.54, 1.807) is 0 Å². The average molecular weight is 175 g/mol. The van der Waals surface area contributed by atoms with E-state index >= 15 is 0 Å². The van der Waals surface area contributed by atoms with Gasteiger partial charge in [0.05, 0.1) is 11.9 Å². The molecule has 0 amide bonds. The third-order valence-corrected chi connectivity index (χ3v) is 2.64. The Morgan fingerprint density at radius 2 is 2.46 bits per heavy atom. The highest BCUT2D eigenvalue weighted by molar-refractivity contribution is 5.51. The van der Waals surface area contributed by atoms with Crippen LogP contribution >= 0.6 is 0 Å². The van der Waals surface area contributed by atoms with Gasteiger partial charge < -0.3 is 4.90 Å². The fraction of sp³-hybridized carbons (Fsp3) is 0.455. The molecule has 2 heteroatoms. The van der Waals surface area contributed by atoms with Gasteiger partial charge in [-0.15, -0.1) is 0 Å². The molecule has 1 fully saturated rings. The van der Waals surface area contributed by atoms with Gasteiger partial charge >= 0.3 is 0 Å². The lowest BCUT2D eigenvalue weighted by Crippen LogP contribution is -2.20. The summed E-state index contributed by atoms with van der Waals surface area (Å²) >= 11 is 0. The maximum absolute atomic E-state index is 4.15. The number of hydrogen-bond acceptors (Lipinski definition) is 2. The Hall–Kier alpha value is -1.05. The summed E-state index contributed by atoms with van der Waals surface area (Å²) in [7, 11) is 0. The number of rotatable bonds is 1. The Morgan fingerprint density at radius 3 is 3.08 bits per heavy atom. The van der Waals surface area contributed by atoms with Crippen molar-refractivity contribution in [1.82, 2.24) is 4.98 Å². The maximum atomic E-state index is 4.15. The van der Waals surface area contributed by atoms with Crippen LogP contribution in [0.4, 0.5) is 5.69 Å². The van der Waals surface area contributed by atoms with Gasteiger partial charge in [0.2, 0.25) is 0 Å². The average Bonchev–Trinajstić information content (AvgIpc) is 2.53. The van der Waals surface area contributed by atoms with Crippen molar-refractivity contribution in [3.05, 3.63) is 30.9 Å². The molecule has 1 aliphatic heterocycles. The van der Waals surface area contributed by atoms with Crippen molar-refractivity contribution in [3.63, 3.8) is 0 Å². The second-order valence-electron chi connectivity index (χ2n) is 3.76. The van der Waals surface area contributed by atoms with E-state index in [1.807, 2.05) is 12.4 Å². The molecule has 1 saturated heterocycles. The second kappa shape index (κ2) is 3.36. The van der Waals surface area contributed by atoms with E-state index < -0.39 is 0 Å². The zero-order valence-corrected chi connectivity index (χ0v) is 8.03. The molecular weight excluding hydrogens is 160 g/mol. The molecule has 1 aromatic heterocycles. The molecule has 0 aliphatic carbocycles. The molecule has 0 aromatic carbocycles. The van der Waals surface area contributed by atoms with Gasteiger partial charge in [0.25, 0.3) is 0 Å². The molecule has 1 aliphatic rings. The molecule has 1 aromatic rings. The second-order valence-corrected chi connectivity index (χ2v) is 3.76. The number of anilines is 1. The molecule has 69 valence electrons. The maximum Gasteiger partial charge on any atom is 0.0582 e. The number of aryl methyl sites for hydroxylation is 1. The van der Waals surface area contributed by atoms with Crippen molar-refractivity contribution in [3.8, 4) is 0 Å². The van der Waals surface area contributed by atoms with Crippen LogP contribution in [0.15, 0.2) is 18.5 Å². The normalized spacial score (nSPS) is 22.3. The Morgan fingerprint density at radius 1 is 1.62 bits per heavy atom. The Bertz CT molecular complexity index is 296. The van der Waals surface area contributed by atoms with Crippen LogP contribution in [0.5, 0.6) is 0 Å². The van der Waals surface area contributed by atoms with Crippen LogP contribution in [-0.2, 0) is 0 Å². The summed E-state index contributed by atoms with van der Waals surface area (Å²) in [5.41, 5.74) is 2.58. The molecule has 1 radical (unpaired) electrons. The Balaban J connectivity index is 2.21. The molecular formula is C11H15N2. The first-order valence-electron chi connectivity index (χ1n) is 4.76. The SMILES string of the molecule is [CH2][C@@H]1CCN(c2cnccc2C)C1. The number of aromatic nitrogens is 1. The van der Waals surface area contributed by atoms with Crippen molar-refractivity contribution in [2.75, 3.05) is 18.0 Å². The Kier molecular flexibility index (Phi) is 2.21. The van der Waals surface area contributed by atoms with Gasteiger partial charge in [-0.2, -0.15) is 0 Å². The Labute approximate surface area is 79.6 Å². The smallest absolute Gasteiger partial charge is 0.0582 e. The number of hydrogen-bond donors (Lipinski definition) is 0. The van der Waals surface area contributed by atoms with Gasteiger partial charge in [0, 0.05) is 19.3 Å². The standard InChI is InChI=1S/C11H15N2/c1-9-4-6-13(8-9)11-7-12-5-3-10(11)2/h3,5,7,9H,1,4,6,8H2,2H3/t9-/m1/s1. The van der Waals surface area contributed by atoms with Crippen LogP contribution in [0, 0.1) is 19.8 Å². The number of pyridine rings is 1. The summed E-state index contributed by atoms with van der Waals surface area (Å²) < 4.78 is 0. The van der Waals surface area contributed by atoms with Crippen LogP contribution in [-0.4, -0.2) is 18.1 Å². The predicted molar refractivity (Wildman–Crippen MR) is 54.7 cm³/mol. The molecule has 1 atom stereocenters. The minimum Gasteiger partial charge on any atom is -0.370 e. The lowest BCUT2D eigenvalue weighted by Gasteiger charge is -2.19. The molecule has 13 heavy (non-hydrogen) atoms. The minimum atomic E-state index is 0.583. The van der Waals surface area contributed by atoms with E-state index in [0.29, 0.717) is 5.92 Å². The molecule has 0 spiro atoms. The zero-order valence-electron chi connectivity index (χ0n) is 8.03. The van der Waals surface area contributed by atoms with E-state index in [0.717, 1.165) is 13.1 Å². The topological polar surface area (TPSA) is 16.1 Å². The van der Waals surface area contributed by atoms with Crippen LogP contribution in [0.1, 0.15) is 12.0 Å². The lowest BCUT2D eigenvalue weighted by molar-refractivity contribution is 0.734. The summed E-state index contributed by atoms with van der Waals surface area (Å²) in [6, 6.07) is 2.06. The van der Waals surface area contributed by atoms with Gasteiger partial charge in [-0.1, -0.05) is 0 Å². The van der Waals surface area contributed by atoms with Crippen molar-refractivity contribution in [1.29, 1.82) is 0 Å². The molecule has 0 N–H and O–H groups in total. The fourth-order valence-electron chi connectivity index (χ4n) is 1.84. The van der Waals surface area contributed by atoms with E-state index in [9.17, 15) is 0 Å². The summed E-state index contributed by atoms with van der Waals surface area (Å²) in [4.78, 5) is 6.53. The van der Waals surface area contributed by atoms with Crippen LogP contribution in [0.25, 0.3) is 0 Å². The molecule has 0 saturated carbocycles. The van der Waals surface area contributed by atoms with Crippen LogP contribution in [0.3, 0.4) is 0 Å². The quantitative estimate of drug-likeness (QED) is 0.649. The summed E-state index contributed by atoms with van der Waals surface area (Å²) in [6.07, 6.45) is 5.00. The molecule has 2 rings (SSSR count). The number of nitrogens with zero attached hydrogens (tertiary/aromatic N) is 2. The molecule has 2 nitrogen and oxygen atoms in total. The van der Waals surface area contributed by atoms with Crippen molar-refractivity contribution >= 4 is 5.69 Å². The van der Waals surface area contributed by atoms with Gasteiger partial charge in [-0.05, 0) is 37.8 Å². The van der Waals surface area contributed by atoms with Gasteiger partial charge in [0.1, 0.15) is 0 Å². The third kappa shape index (κ3) is 1.67. The molecule has 0 unspecified atom stereocenters. The zero-order chi connectivity index (χ0) is 9.26. The monoisotopic (exact) mass is 175 g/mol. The molecule has 0 bridgehead atoms. The van der Waals surface area contributed by atoms with Gasteiger partial charge in [-0.3, -0.25) is 4.98 Å².